The first-order chi connectivity index (χ1) is 12.6. The molecule has 1 nitrogen and oxygen atoms in total. The first kappa shape index (κ1) is 17.0. The van der Waals surface area contributed by atoms with Gasteiger partial charge < -0.3 is 0 Å². The van der Waals surface area contributed by atoms with Gasteiger partial charge in [0.1, 0.15) is 0 Å². The number of hydrogen-bond donors (Lipinski definition) is 0. The van der Waals surface area contributed by atoms with Crippen molar-refractivity contribution in [1.29, 1.82) is 0 Å². The molecule has 4 rings (SSSR count). The minimum absolute atomic E-state index is 0.0316. The van der Waals surface area contributed by atoms with Crippen LogP contribution in [0.15, 0.2) is 60.8 Å². The minimum atomic E-state index is -0.0316. The number of fused-ring (bicyclic) bond motifs is 1. The van der Waals surface area contributed by atoms with Gasteiger partial charge in [-0.15, -0.1) is 0 Å². The fourth-order valence-corrected chi connectivity index (χ4v) is 4.40. The van der Waals surface area contributed by atoms with Gasteiger partial charge in [-0.05, 0) is 72.6 Å². The van der Waals surface area contributed by atoms with Gasteiger partial charge in [0.15, 0.2) is 0 Å². The fraction of sp³-hybridized carbons (Fsp3) is 0.320. The average molecular weight is 341 g/mol. The van der Waals surface area contributed by atoms with Crippen molar-refractivity contribution in [2.24, 2.45) is 0 Å². The third-order valence-corrected chi connectivity index (χ3v) is 5.95. The summed E-state index contributed by atoms with van der Waals surface area (Å²) >= 11 is 0. The van der Waals surface area contributed by atoms with E-state index < -0.39 is 0 Å². The van der Waals surface area contributed by atoms with Crippen LogP contribution in [0.25, 0.3) is 11.3 Å². The van der Waals surface area contributed by atoms with E-state index in [1.165, 1.54) is 58.3 Å². The van der Waals surface area contributed by atoms with Gasteiger partial charge in [0.2, 0.25) is 0 Å². The molecular formula is C25H27N. The standard InChI is InChI=1S/C25H27N/c1-18-9-4-7-14-23(18)25(2,3)21-12-8-11-20(17-21)24-22-13-6-5-10-19(22)15-16-26-24/h4,7-9,11-12,14-17H,5-6,10,13H2,1-3H3. The first-order valence-electron chi connectivity index (χ1n) is 9.71. The molecule has 0 bridgehead atoms. The van der Waals surface area contributed by atoms with Gasteiger partial charge in [-0.2, -0.15) is 0 Å². The highest BCUT2D eigenvalue weighted by molar-refractivity contribution is 5.66. The SMILES string of the molecule is Cc1ccccc1C(C)(C)c1cccc(-c2nccc3c2CCCC3)c1. The summed E-state index contributed by atoms with van der Waals surface area (Å²) in [6.07, 6.45) is 6.92. The molecule has 1 heteroatoms. The van der Waals surface area contributed by atoms with E-state index in [9.17, 15) is 0 Å². The lowest BCUT2D eigenvalue weighted by atomic mass is 9.75. The molecule has 1 heterocycles. The van der Waals surface area contributed by atoms with E-state index in [-0.39, 0.29) is 5.41 Å². The van der Waals surface area contributed by atoms with Crippen LogP contribution in [0.1, 0.15) is 54.5 Å². The smallest absolute Gasteiger partial charge is 0.0736 e. The van der Waals surface area contributed by atoms with Crippen LogP contribution in [0.2, 0.25) is 0 Å². The highest BCUT2D eigenvalue weighted by Crippen LogP contribution is 2.36. The second-order valence-corrected chi connectivity index (χ2v) is 8.03. The molecule has 1 aliphatic rings. The van der Waals surface area contributed by atoms with Crippen LogP contribution < -0.4 is 0 Å². The molecule has 0 saturated carbocycles. The van der Waals surface area contributed by atoms with Crippen molar-refractivity contribution in [1.82, 2.24) is 4.98 Å². The zero-order valence-corrected chi connectivity index (χ0v) is 16.0. The molecule has 0 amide bonds. The number of benzene rings is 2. The maximum atomic E-state index is 4.78. The topological polar surface area (TPSA) is 12.9 Å². The molecule has 3 aromatic rings. The lowest BCUT2D eigenvalue weighted by molar-refractivity contribution is 0.636. The number of rotatable bonds is 3. The van der Waals surface area contributed by atoms with Crippen molar-refractivity contribution in [3.8, 4) is 11.3 Å². The van der Waals surface area contributed by atoms with Crippen LogP contribution in [0.4, 0.5) is 0 Å². The number of nitrogens with zero attached hydrogens (tertiary/aromatic N) is 1. The van der Waals surface area contributed by atoms with E-state index in [2.05, 4.69) is 75.4 Å². The van der Waals surface area contributed by atoms with Gasteiger partial charge in [0, 0.05) is 17.2 Å². The summed E-state index contributed by atoms with van der Waals surface area (Å²) in [5.74, 6) is 0. The number of aryl methyl sites for hydroxylation is 2. The Kier molecular flexibility index (Phi) is 4.40. The largest absolute Gasteiger partial charge is 0.256 e. The normalized spacial score (nSPS) is 14.1. The molecule has 0 aliphatic heterocycles. The molecule has 0 fully saturated rings. The molecule has 0 atom stereocenters. The number of aromatic nitrogens is 1. The van der Waals surface area contributed by atoms with Gasteiger partial charge >= 0.3 is 0 Å². The van der Waals surface area contributed by atoms with Crippen LogP contribution in [0, 0.1) is 6.92 Å². The summed E-state index contributed by atoms with van der Waals surface area (Å²) in [4.78, 5) is 4.78. The van der Waals surface area contributed by atoms with Crippen LogP contribution in [-0.4, -0.2) is 4.98 Å². The molecule has 0 N–H and O–H groups in total. The average Bonchev–Trinajstić information content (AvgIpc) is 2.68. The summed E-state index contributed by atoms with van der Waals surface area (Å²) in [5, 5.41) is 0. The summed E-state index contributed by atoms with van der Waals surface area (Å²) < 4.78 is 0. The molecule has 1 aromatic heterocycles. The van der Waals surface area contributed by atoms with Crippen LogP contribution in [0.3, 0.4) is 0 Å². The van der Waals surface area contributed by atoms with Crippen molar-refractivity contribution in [2.75, 3.05) is 0 Å². The maximum absolute atomic E-state index is 4.78. The second kappa shape index (κ2) is 6.72. The van der Waals surface area contributed by atoms with E-state index in [1.807, 2.05) is 6.20 Å². The zero-order valence-electron chi connectivity index (χ0n) is 16.0. The van der Waals surface area contributed by atoms with Crippen molar-refractivity contribution >= 4 is 0 Å². The third kappa shape index (κ3) is 2.96. The highest BCUT2D eigenvalue weighted by Gasteiger charge is 2.25. The zero-order chi connectivity index (χ0) is 18.1. The van der Waals surface area contributed by atoms with Crippen LogP contribution in [-0.2, 0) is 18.3 Å². The van der Waals surface area contributed by atoms with Gasteiger partial charge in [0.05, 0.1) is 5.69 Å². The molecule has 0 saturated heterocycles. The molecule has 0 radical (unpaired) electrons. The molecular weight excluding hydrogens is 314 g/mol. The summed E-state index contributed by atoms with van der Waals surface area (Å²) in [6.45, 7) is 6.85. The monoisotopic (exact) mass is 341 g/mol. The molecule has 0 unspecified atom stereocenters. The molecule has 132 valence electrons. The first-order valence-corrected chi connectivity index (χ1v) is 9.71. The maximum Gasteiger partial charge on any atom is 0.0736 e. The summed E-state index contributed by atoms with van der Waals surface area (Å²) in [5.41, 5.74) is 9.44. The van der Waals surface area contributed by atoms with E-state index in [4.69, 9.17) is 4.98 Å². The minimum Gasteiger partial charge on any atom is -0.256 e. The number of hydrogen-bond acceptors (Lipinski definition) is 1. The Bertz CT molecular complexity index is 936. The summed E-state index contributed by atoms with van der Waals surface area (Å²) in [6, 6.07) is 19.9. The van der Waals surface area contributed by atoms with E-state index in [0.29, 0.717) is 0 Å². The Morgan fingerprint density at radius 3 is 2.54 bits per heavy atom. The predicted molar refractivity (Wildman–Crippen MR) is 110 cm³/mol. The van der Waals surface area contributed by atoms with Gasteiger partial charge in [-0.3, -0.25) is 4.98 Å². The Labute approximate surface area is 157 Å². The fourth-order valence-electron chi connectivity index (χ4n) is 4.40. The lowest BCUT2D eigenvalue weighted by Crippen LogP contribution is -2.20. The third-order valence-electron chi connectivity index (χ3n) is 5.95. The number of pyridine rings is 1. The second-order valence-electron chi connectivity index (χ2n) is 8.03. The highest BCUT2D eigenvalue weighted by atomic mass is 14.7. The molecule has 1 aliphatic carbocycles. The molecule has 0 spiro atoms. The lowest BCUT2D eigenvalue weighted by Gasteiger charge is -2.28. The van der Waals surface area contributed by atoms with Crippen molar-refractivity contribution in [3.63, 3.8) is 0 Å². The van der Waals surface area contributed by atoms with E-state index >= 15 is 0 Å². The van der Waals surface area contributed by atoms with Gasteiger partial charge in [0.25, 0.3) is 0 Å². The predicted octanol–water partition coefficient (Wildman–Crippen LogP) is 6.26. The van der Waals surface area contributed by atoms with Crippen molar-refractivity contribution in [3.05, 3.63) is 88.6 Å². The van der Waals surface area contributed by atoms with Gasteiger partial charge in [-0.1, -0.05) is 56.3 Å². The van der Waals surface area contributed by atoms with E-state index in [1.54, 1.807) is 0 Å². The van der Waals surface area contributed by atoms with E-state index in [0.717, 1.165) is 6.42 Å². The molecule has 2 aromatic carbocycles. The van der Waals surface area contributed by atoms with Crippen LogP contribution in [0.5, 0.6) is 0 Å². The molecule has 26 heavy (non-hydrogen) atoms. The Morgan fingerprint density at radius 1 is 0.885 bits per heavy atom. The van der Waals surface area contributed by atoms with Crippen molar-refractivity contribution in [2.45, 2.75) is 51.9 Å². The summed E-state index contributed by atoms with van der Waals surface area (Å²) in [7, 11) is 0. The Morgan fingerprint density at radius 2 is 1.69 bits per heavy atom. The van der Waals surface area contributed by atoms with Crippen LogP contribution >= 0.6 is 0 Å². The Balaban J connectivity index is 1.80. The quantitative estimate of drug-likeness (QED) is 0.548. The van der Waals surface area contributed by atoms with Gasteiger partial charge in [-0.25, -0.2) is 0 Å². The van der Waals surface area contributed by atoms with Crippen molar-refractivity contribution < 1.29 is 0 Å². The Hall–Kier alpha value is -2.41.